The summed E-state index contributed by atoms with van der Waals surface area (Å²) in [5.74, 6) is -0.251. The van der Waals surface area contributed by atoms with Gasteiger partial charge in [-0.1, -0.05) is 0 Å². The molecule has 0 amide bonds. The van der Waals surface area contributed by atoms with Gasteiger partial charge < -0.3 is 15.8 Å². The average Bonchev–Trinajstić information content (AvgIpc) is 2.67. The summed E-state index contributed by atoms with van der Waals surface area (Å²) < 4.78 is 14.4. The van der Waals surface area contributed by atoms with E-state index >= 15 is 0 Å². The molecule has 2 aromatic heterocycles. The lowest BCUT2D eigenvalue weighted by atomic mass is 9.84. The molecule has 2 heterocycles. The molecule has 1 aromatic carbocycles. The molecule has 140 valence electrons. The predicted molar refractivity (Wildman–Crippen MR) is 103 cm³/mol. The second-order valence-corrected chi connectivity index (χ2v) is 7.15. The summed E-state index contributed by atoms with van der Waals surface area (Å²) in [6.07, 6.45) is 2.72. The summed E-state index contributed by atoms with van der Waals surface area (Å²) in [6, 6.07) is 3.24. The van der Waals surface area contributed by atoms with Gasteiger partial charge in [0.25, 0.3) is 5.56 Å². The number of rotatable bonds is 3. The molecule has 1 aliphatic rings. The van der Waals surface area contributed by atoms with Crippen LogP contribution in [-0.2, 0) is 26.0 Å². The Morgan fingerprint density at radius 3 is 2.59 bits per heavy atom. The van der Waals surface area contributed by atoms with Crippen LogP contribution in [0.2, 0.25) is 0 Å². The Morgan fingerprint density at radius 1 is 1.22 bits per heavy atom. The number of nitrogens with zero attached hydrogens (tertiary/aromatic N) is 1. The van der Waals surface area contributed by atoms with Crippen molar-refractivity contribution in [3.8, 4) is 11.4 Å². The number of hydrogen-bond donors (Lipinski definition) is 3. The van der Waals surface area contributed by atoms with Crippen LogP contribution in [-0.4, -0.2) is 15.1 Å². The summed E-state index contributed by atoms with van der Waals surface area (Å²) in [5.41, 5.74) is 11.9. The molecule has 4 N–H and O–H groups in total. The van der Waals surface area contributed by atoms with Gasteiger partial charge in [-0.25, -0.2) is 9.37 Å². The molecule has 27 heavy (non-hydrogen) atoms. The highest BCUT2D eigenvalue weighted by molar-refractivity contribution is 5.91. The molecular weight excluding hydrogens is 345 g/mol. The third kappa shape index (κ3) is 2.67. The zero-order valence-electron chi connectivity index (χ0n) is 15.4. The van der Waals surface area contributed by atoms with E-state index in [0.717, 1.165) is 35.8 Å². The minimum absolute atomic E-state index is 0.143. The number of hydrogen-bond acceptors (Lipinski definition) is 4. The third-order valence-electron chi connectivity index (χ3n) is 5.69. The largest absolute Gasteiger partial charge is 0.391 e. The number of aliphatic hydroxyl groups is 1. The number of aromatic nitrogens is 2. The quantitative estimate of drug-likeness (QED) is 0.664. The molecule has 4 rings (SSSR count). The number of nitrogens with one attached hydrogen (secondary N) is 1. The summed E-state index contributed by atoms with van der Waals surface area (Å²) in [4.78, 5) is 19.9. The van der Waals surface area contributed by atoms with Gasteiger partial charge in [0.05, 0.1) is 23.5 Å². The molecule has 6 heteroatoms. The van der Waals surface area contributed by atoms with Gasteiger partial charge in [0.2, 0.25) is 0 Å². The van der Waals surface area contributed by atoms with Crippen LogP contribution >= 0.6 is 0 Å². The second kappa shape index (κ2) is 6.55. The molecule has 0 unspecified atom stereocenters. The standard InChI is InChI=1S/C21H22FN3O2/c1-10-13-4-3-5-14-11(2)20(24-17(19(13)14)7-16(10)22)18-6-12(8-23)15(9-26)21(27)25-18/h6-7,26H,3-5,8-9,23H2,1-2H3,(H,25,27). The molecule has 0 atom stereocenters. The molecule has 0 saturated heterocycles. The van der Waals surface area contributed by atoms with Crippen molar-refractivity contribution >= 4 is 10.9 Å². The molecule has 0 radical (unpaired) electrons. The van der Waals surface area contributed by atoms with Crippen LogP contribution < -0.4 is 11.3 Å². The Balaban J connectivity index is 2.05. The number of aliphatic hydroxyl groups excluding tert-OH is 1. The van der Waals surface area contributed by atoms with Gasteiger partial charge >= 0.3 is 0 Å². The number of pyridine rings is 2. The van der Waals surface area contributed by atoms with Gasteiger partial charge in [-0.05, 0) is 67.0 Å². The van der Waals surface area contributed by atoms with Crippen molar-refractivity contribution in [2.24, 2.45) is 5.73 Å². The first-order valence-corrected chi connectivity index (χ1v) is 9.13. The van der Waals surface area contributed by atoms with Crippen LogP contribution in [0.3, 0.4) is 0 Å². The van der Waals surface area contributed by atoms with E-state index in [9.17, 15) is 14.3 Å². The van der Waals surface area contributed by atoms with Crippen molar-refractivity contribution in [2.75, 3.05) is 0 Å². The number of H-pyrrole nitrogens is 1. The van der Waals surface area contributed by atoms with Crippen LogP contribution in [0.5, 0.6) is 0 Å². The van der Waals surface area contributed by atoms with Crippen molar-refractivity contribution in [1.82, 2.24) is 9.97 Å². The first kappa shape index (κ1) is 17.8. The fraction of sp³-hybridized carbons (Fsp3) is 0.333. The Bertz CT molecular complexity index is 1130. The maximum absolute atomic E-state index is 14.4. The summed E-state index contributed by atoms with van der Waals surface area (Å²) in [7, 11) is 0. The lowest BCUT2D eigenvalue weighted by molar-refractivity contribution is 0.279. The lowest BCUT2D eigenvalue weighted by Gasteiger charge is -2.23. The first-order valence-electron chi connectivity index (χ1n) is 9.13. The van der Waals surface area contributed by atoms with Crippen LogP contribution in [0.4, 0.5) is 4.39 Å². The number of nitrogens with two attached hydrogens (primary N) is 1. The zero-order valence-corrected chi connectivity index (χ0v) is 15.4. The van der Waals surface area contributed by atoms with Crippen LogP contribution in [0.15, 0.2) is 16.9 Å². The molecule has 0 aliphatic heterocycles. The zero-order chi connectivity index (χ0) is 19.3. The van der Waals surface area contributed by atoms with Crippen molar-refractivity contribution in [3.05, 3.63) is 61.7 Å². The monoisotopic (exact) mass is 367 g/mol. The minimum Gasteiger partial charge on any atom is -0.391 e. The third-order valence-corrected chi connectivity index (χ3v) is 5.69. The number of halogens is 1. The van der Waals surface area contributed by atoms with Crippen LogP contribution in [0, 0.1) is 19.7 Å². The summed E-state index contributed by atoms with van der Waals surface area (Å²) in [6.45, 7) is 3.59. The van der Waals surface area contributed by atoms with E-state index < -0.39 is 0 Å². The molecule has 0 bridgehead atoms. The Labute approximate surface area is 156 Å². The average molecular weight is 367 g/mol. The molecular formula is C21H22FN3O2. The maximum atomic E-state index is 14.4. The van der Waals surface area contributed by atoms with E-state index in [-0.39, 0.29) is 30.1 Å². The Morgan fingerprint density at radius 2 is 1.93 bits per heavy atom. The highest BCUT2D eigenvalue weighted by Crippen LogP contribution is 2.37. The maximum Gasteiger partial charge on any atom is 0.254 e. The fourth-order valence-electron chi connectivity index (χ4n) is 4.20. The van der Waals surface area contributed by atoms with Gasteiger partial charge in [-0.2, -0.15) is 0 Å². The van der Waals surface area contributed by atoms with E-state index in [0.29, 0.717) is 28.0 Å². The lowest BCUT2D eigenvalue weighted by Crippen LogP contribution is -2.19. The number of benzene rings is 1. The molecule has 0 spiro atoms. The van der Waals surface area contributed by atoms with Gasteiger partial charge in [0.1, 0.15) is 5.82 Å². The van der Waals surface area contributed by atoms with E-state index in [1.807, 2.05) is 13.8 Å². The van der Waals surface area contributed by atoms with Crippen molar-refractivity contribution in [3.63, 3.8) is 0 Å². The molecule has 0 saturated carbocycles. The number of aryl methyl sites for hydroxylation is 2. The predicted octanol–water partition coefficient (Wildman–Crippen LogP) is 2.79. The Hall–Kier alpha value is -2.57. The van der Waals surface area contributed by atoms with E-state index in [1.54, 1.807) is 6.07 Å². The SMILES string of the molecule is Cc1c(F)cc2nc(-c3cc(CN)c(CO)c(=O)[nH]3)c(C)c3c2c1CCC3. The van der Waals surface area contributed by atoms with Crippen LogP contribution in [0.25, 0.3) is 22.3 Å². The van der Waals surface area contributed by atoms with Gasteiger partial charge in [-0.3, -0.25) is 4.79 Å². The van der Waals surface area contributed by atoms with E-state index in [4.69, 9.17) is 10.7 Å². The summed E-state index contributed by atoms with van der Waals surface area (Å²) in [5, 5.41) is 10.5. The highest BCUT2D eigenvalue weighted by Gasteiger charge is 2.23. The minimum atomic E-state index is -0.374. The van der Waals surface area contributed by atoms with Crippen molar-refractivity contribution < 1.29 is 9.50 Å². The van der Waals surface area contributed by atoms with Gasteiger partial charge in [-0.15, -0.1) is 0 Å². The molecule has 0 fully saturated rings. The van der Waals surface area contributed by atoms with Crippen LogP contribution in [0.1, 0.15) is 39.8 Å². The summed E-state index contributed by atoms with van der Waals surface area (Å²) >= 11 is 0. The Kier molecular flexibility index (Phi) is 4.32. The highest BCUT2D eigenvalue weighted by atomic mass is 19.1. The van der Waals surface area contributed by atoms with Crippen molar-refractivity contribution in [1.29, 1.82) is 0 Å². The van der Waals surface area contributed by atoms with Gasteiger partial charge in [0.15, 0.2) is 0 Å². The molecule has 1 aliphatic carbocycles. The second-order valence-electron chi connectivity index (χ2n) is 7.15. The van der Waals surface area contributed by atoms with E-state index in [1.165, 1.54) is 11.6 Å². The normalized spacial score (nSPS) is 13.4. The molecule has 5 nitrogen and oxygen atoms in total. The fourth-order valence-corrected chi connectivity index (χ4v) is 4.20. The first-order chi connectivity index (χ1) is 13.0. The van der Waals surface area contributed by atoms with Crippen molar-refractivity contribution in [2.45, 2.75) is 46.3 Å². The smallest absolute Gasteiger partial charge is 0.254 e. The molecule has 3 aromatic rings. The number of aromatic amines is 1. The van der Waals surface area contributed by atoms with Gasteiger partial charge in [0, 0.05) is 23.6 Å². The van der Waals surface area contributed by atoms with E-state index in [2.05, 4.69) is 4.98 Å². The topological polar surface area (TPSA) is 92.0 Å².